The van der Waals surface area contributed by atoms with Gasteiger partial charge in [0.15, 0.2) is 0 Å². The molecule has 190 valence electrons. The van der Waals surface area contributed by atoms with Crippen LogP contribution in [0.1, 0.15) is 25.8 Å². The van der Waals surface area contributed by atoms with E-state index < -0.39 is 22.7 Å². The van der Waals surface area contributed by atoms with Crippen molar-refractivity contribution in [1.82, 2.24) is 9.91 Å². The zero-order valence-electron chi connectivity index (χ0n) is 20.7. The molecule has 0 radical (unpaired) electrons. The lowest BCUT2D eigenvalue weighted by molar-refractivity contribution is -0.149. The maximum Gasteiger partial charge on any atom is 0.256 e. The van der Waals surface area contributed by atoms with Crippen molar-refractivity contribution in [1.29, 1.82) is 0 Å². The quantitative estimate of drug-likeness (QED) is 0.589. The SMILES string of the molecule is CN1N=C2CCN(C(=O)[C@@H](COc3ccc(Cl)cc3)C(C)(C)C(N)=O)C[C@@]2(Cc2ccccc2)C1=O. The molecule has 2 aromatic carbocycles. The standard InChI is InChI=1S/C27H31ClN4O4/c1-26(2,24(29)34)21(16-36-20-11-9-19(28)10-12-20)23(33)32-14-13-22-27(17-32,25(35)31(3)30-22)15-18-7-5-4-6-8-18/h4-12,21H,13-17H2,1-3H3,(H2,29,34)/t21-,27-/m1/s1. The lowest BCUT2D eigenvalue weighted by Gasteiger charge is -2.42. The van der Waals surface area contributed by atoms with Gasteiger partial charge in [-0.05, 0) is 36.2 Å². The van der Waals surface area contributed by atoms with E-state index in [2.05, 4.69) is 5.10 Å². The zero-order chi connectivity index (χ0) is 26.1. The predicted molar refractivity (Wildman–Crippen MR) is 137 cm³/mol. The highest BCUT2D eigenvalue weighted by molar-refractivity contribution is 6.30. The molecule has 3 amide bonds. The normalized spacial score (nSPS) is 20.6. The molecular formula is C27H31ClN4O4. The van der Waals surface area contributed by atoms with E-state index in [9.17, 15) is 14.4 Å². The lowest BCUT2D eigenvalue weighted by Crippen LogP contribution is -2.58. The van der Waals surface area contributed by atoms with Gasteiger partial charge in [-0.3, -0.25) is 14.4 Å². The second-order valence-electron chi connectivity index (χ2n) is 10.0. The number of amides is 3. The van der Waals surface area contributed by atoms with Gasteiger partial charge in [-0.15, -0.1) is 0 Å². The number of halogens is 1. The van der Waals surface area contributed by atoms with E-state index in [4.69, 9.17) is 22.1 Å². The highest BCUT2D eigenvalue weighted by Crippen LogP contribution is 2.39. The number of benzene rings is 2. The van der Waals surface area contributed by atoms with Gasteiger partial charge in [0.1, 0.15) is 17.8 Å². The van der Waals surface area contributed by atoms with Crippen molar-refractivity contribution in [3.8, 4) is 5.75 Å². The first-order valence-electron chi connectivity index (χ1n) is 11.9. The number of rotatable bonds is 8. The van der Waals surface area contributed by atoms with Gasteiger partial charge >= 0.3 is 0 Å². The van der Waals surface area contributed by atoms with Crippen molar-refractivity contribution >= 4 is 35.0 Å². The number of hydrazone groups is 1. The molecule has 1 saturated heterocycles. The summed E-state index contributed by atoms with van der Waals surface area (Å²) in [5.74, 6) is -1.34. The Bertz CT molecular complexity index is 1180. The molecule has 2 atom stereocenters. The van der Waals surface area contributed by atoms with Gasteiger partial charge in [-0.2, -0.15) is 5.10 Å². The van der Waals surface area contributed by atoms with E-state index in [1.54, 1.807) is 50.1 Å². The van der Waals surface area contributed by atoms with Crippen LogP contribution in [0.2, 0.25) is 5.02 Å². The van der Waals surface area contributed by atoms with Crippen LogP contribution in [-0.2, 0) is 20.8 Å². The van der Waals surface area contributed by atoms with Gasteiger partial charge in [0.25, 0.3) is 5.91 Å². The topological polar surface area (TPSA) is 105 Å². The summed E-state index contributed by atoms with van der Waals surface area (Å²) in [4.78, 5) is 41.4. The third kappa shape index (κ3) is 4.82. The number of likely N-dealkylation sites (tertiary alicyclic amines) is 1. The van der Waals surface area contributed by atoms with Crippen molar-refractivity contribution in [2.45, 2.75) is 26.7 Å². The van der Waals surface area contributed by atoms with Gasteiger partial charge in [-0.1, -0.05) is 55.8 Å². The number of hydrogen-bond donors (Lipinski definition) is 1. The summed E-state index contributed by atoms with van der Waals surface area (Å²) in [6.45, 7) is 3.81. The fourth-order valence-corrected chi connectivity index (χ4v) is 5.03. The van der Waals surface area contributed by atoms with Crippen LogP contribution in [0.4, 0.5) is 0 Å². The van der Waals surface area contributed by atoms with Crippen LogP contribution in [0.25, 0.3) is 0 Å². The molecule has 0 spiro atoms. The molecule has 4 rings (SSSR count). The van der Waals surface area contributed by atoms with Gasteiger partial charge in [-0.25, -0.2) is 5.01 Å². The number of ether oxygens (including phenoxy) is 1. The lowest BCUT2D eigenvalue weighted by atomic mass is 9.72. The largest absolute Gasteiger partial charge is 0.493 e. The van der Waals surface area contributed by atoms with Crippen LogP contribution in [0.3, 0.4) is 0 Å². The molecule has 0 bridgehead atoms. The van der Waals surface area contributed by atoms with Crippen LogP contribution in [-0.4, -0.2) is 60.1 Å². The fourth-order valence-electron chi connectivity index (χ4n) is 4.91. The monoisotopic (exact) mass is 510 g/mol. The number of carbonyl (C=O) groups is 3. The van der Waals surface area contributed by atoms with E-state index in [1.165, 1.54) is 5.01 Å². The molecule has 9 heteroatoms. The Morgan fingerprint density at radius 1 is 1.17 bits per heavy atom. The number of piperidine rings is 1. The Hall–Kier alpha value is -3.39. The van der Waals surface area contributed by atoms with Crippen molar-refractivity contribution in [2.24, 2.45) is 27.6 Å². The minimum atomic E-state index is -1.18. The number of carbonyl (C=O) groups excluding carboxylic acids is 3. The summed E-state index contributed by atoms with van der Waals surface area (Å²) < 4.78 is 5.90. The van der Waals surface area contributed by atoms with Gasteiger partial charge in [0.2, 0.25) is 11.8 Å². The van der Waals surface area contributed by atoms with Gasteiger partial charge < -0.3 is 15.4 Å². The summed E-state index contributed by atoms with van der Waals surface area (Å²) in [6.07, 6.45) is 0.904. The minimum Gasteiger partial charge on any atom is -0.493 e. The summed E-state index contributed by atoms with van der Waals surface area (Å²) in [7, 11) is 1.64. The number of fused-ring (bicyclic) bond motifs is 1. The van der Waals surface area contributed by atoms with E-state index in [-0.39, 0.29) is 25.0 Å². The minimum absolute atomic E-state index is 0.0482. The molecule has 0 unspecified atom stereocenters. The van der Waals surface area contributed by atoms with E-state index in [1.807, 2.05) is 30.3 Å². The summed E-state index contributed by atoms with van der Waals surface area (Å²) >= 11 is 5.96. The molecule has 0 aliphatic carbocycles. The van der Waals surface area contributed by atoms with E-state index >= 15 is 0 Å². The number of hydrogen-bond acceptors (Lipinski definition) is 5. The molecular weight excluding hydrogens is 480 g/mol. The second kappa shape index (κ2) is 9.93. The molecule has 2 heterocycles. The summed E-state index contributed by atoms with van der Waals surface area (Å²) in [6, 6.07) is 16.5. The van der Waals surface area contributed by atoms with Crippen molar-refractivity contribution in [2.75, 3.05) is 26.7 Å². The Kier molecular flexibility index (Phi) is 7.09. The average molecular weight is 511 g/mol. The summed E-state index contributed by atoms with van der Waals surface area (Å²) in [5, 5.41) is 6.45. The third-order valence-electron chi connectivity index (χ3n) is 7.30. The maximum absolute atomic E-state index is 13.9. The third-order valence-corrected chi connectivity index (χ3v) is 7.55. The van der Waals surface area contributed by atoms with E-state index in [0.29, 0.717) is 30.2 Å². The van der Waals surface area contributed by atoms with Crippen LogP contribution >= 0.6 is 11.6 Å². The molecule has 2 N–H and O–H groups in total. The van der Waals surface area contributed by atoms with Crippen LogP contribution in [0.5, 0.6) is 5.75 Å². The predicted octanol–water partition coefficient (Wildman–Crippen LogP) is 3.14. The van der Waals surface area contributed by atoms with Crippen LogP contribution in [0, 0.1) is 16.7 Å². The molecule has 36 heavy (non-hydrogen) atoms. The first kappa shape index (κ1) is 25.7. The van der Waals surface area contributed by atoms with E-state index in [0.717, 1.165) is 11.3 Å². The molecule has 1 fully saturated rings. The second-order valence-corrected chi connectivity index (χ2v) is 10.5. The van der Waals surface area contributed by atoms with Crippen molar-refractivity contribution in [3.05, 3.63) is 65.2 Å². The fraction of sp³-hybridized carbons (Fsp3) is 0.407. The first-order chi connectivity index (χ1) is 17.0. The first-order valence-corrected chi connectivity index (χ1v) is 12.3. The molecule has 2 aromatic rings. The Morgan fingerprint density at radius 2 is 1.83 bits per heavy atom. The average Bonchev–Trinajstić information content (AvgIpc) is 3.09. The van der Waals surface area contributed by atoms with Crippen LogP contribution < -0.4 is 10.5 Å². The number of nitrogens with two attached hydrogens (primary N) is 1. The molecule has 2 aliphatic heterocycles. The Labute approximate surface area is 216 Å². The highest BCUT2D eigenvalue weighted by atomic mass is 35.5. The van der Waals surface area contributed by atoms with Crippen molar-refractivity contribution < 1.29 is 19.1 Å². The molecule has 0 aromatic heterocycles. The number of nitrogens with zero attached hydrogens (tertiary/aromatic N) is 3. The molecule has 0 saturated carbocycles. The highest BCUT2D eigenvalue weighted by Gasteiger charge is 2.54. The molecule has 8 nitrogen and oxygen atoms in total. The van der Waals surface area contributed by atoms with Crippen LogP contribution in [0.15, 0.2) is 59.7 Å². The zero-order valence-corrected chi connectivity index (χ0v) is 21.5. The van der Waals surface area contributed by atoms with Gasteiger partial charge in [0.05, 0.1) is 17.0 Å². The Morgan fingerprint density at radius 3 is 2.47 bits per heavy atom. The number of primary amides is 1. The Balaban J connectivity index is 1.61. The smallest absolute Gasteiger partial charge is 0.256 e. The maximum atomic E-state index is 13.9. The van der Waals surface area contributed by atoms with Gasteiger partial charge in [0, 0.05) is 31.6 Å². The van der Waals surface area contributed by atoms with Crippen molar-refractivity contribution in [3.63, 3.8) is 0 Å². The summed E-state index contributed by atoms with van der Waals surface area (Å²) in [5.41, 5.74) is 5.37. The molecule has 2 aliphatic rings.